The van der Waals surface area contributed by atoms with Gasteiger partial charge in [-0.1, -0.05) is 18.2 Å². The highest BCUT2D eigenvalue weighted by Gasteiger charge is 2.28. The molecule has 0 spiro atoms. The van der Waals surface area contributed by atoms with Crippen LogP contribution in [0.4, 0.5) is 10.5 Å². The Kier molecular flexibility index (Phi) is 6.39. The molecule has 1 fully saturated rings. The van der Waals surface area contributed by atoms with Crippen LogP contribution in [0.5, 0.6) is 0 Å². The van der Waals surface area contributed by atoms with Gasteiger partial charge in [-0.3, -0.25) is 4.79 Å². The average Bonchev–Trinajstić information content (AvgIpc) is 3.24. The third-order valence-corrected chi connectivity index (χ3v) is 6.76. The SMILES string of the molecule is CC(C)(C)OC(=O)N1CCC[C@H](Nc2ccc(C#N)c3sc(-c4cccc(C=O)c4)cc23)C1. The van der Waals surface area contributed by atoms with Crippen LogP contribution in [0, 0.1) is 11.3 Å². The van der Waals surface area contributed by atoms with Crippen molar-refractivity contribution in [3.63, 3.8) is 0 Å². The number of ether oxygens (including phenoxy) is 1. The molecule has 3 aromatic rings. The Morgan fingerprint density at radius 2 is 2.09 bits per heavy atom. The molecule has 1 saturated heterocycles. The number of nitrogens with zero attached hydrogens (tertiary/aromatic N) is 2. The number of piperidine rings is 1. The van der Waals surface area contributed by atoms with Gasteiger partial charge < -0.3 is 15.0 Å². The van der Waals surface area contributed by atoms with E-state index in [9.17, 15) is 14.9 Å². The molecular formula is C26H27N3O3S. The lowest BCUT2D eigenvalue weighted by Crippen LogP contribution is -2.47. The lowest BCUT2D eigenvalue weighted by Gasteiger charge is -2.35. The van der Waals surface area contributed by atoms with Gasteiger partial charge in [-0.25, -0.2) is 4.79 Å². The normalized spacial score (nSPS) is 16.3. The molecule has 0 unspecified atom stereocenters. The summed E-state index contributed by atoms with van der Waals surface area (Å²) in [5, 5.41) is 14.2. The van der Waals surface area contributed by atoms with Crippen molar-refractivity contribution in [1.82, 2.24) is 4.90 Å². The molecule has 1 N–H and O–H groups in total. The molecule has 0 saturated carbocycles. The van der Waals surface area contributed by atoms with Crippen LogP contribution in [-0.4, -0.2) is 42.0 Å². The van der Waals surface area contributed by atoms with E-state index in [1.54, 1.807) is 22.3 Å². The number of likely N-dealkylation sites (tertiary alicyclic amines) is 1. The number of amides is 1. The van der Waals surface area contributed by atoms with Crippen molar-refractivity contribution in [2.45, 2.75) is 45.3 Å². The molecule has 1 aliphatic rings. The van der Waals surface area contributed by atoms with Gasteiger partial charge in [0, 0.05) is 40.6 Å². The second-order valence-corrected chi connectivity index (χ2v) is 10.3. The van der Waals surface area contributed by atoms with Crippen LogP contribution in [0.2, 0.25) is 0 Å². The Hall–Kier alpha value is -3.37. The van der Waals surface area contributed by atoms with Crippen LogP contribution in [0.15, 0.2) is 42.5 Å². The number of fused-ring (bicyclic) bond motifs is 1. The van der Waals surface area contributed by atoms with Crippen LogP contribution in [0.1, 0.15) is 49.5 Å². The van der Waals surface area contributed by atoms with E-state index < -0.39 is 5.60 Å². The molecule has 33 heavy (non-hydrogen) atoms. The summed E-state index contributed by atoms with van der Waals surface area (Å²) in [5.74, 6) is 0. The number of aldehydes is 1. The molecule has 6 nitrogen and oxygen atoms in total. The number of nitriles is 1. The van der Waals surface area contributed by atoms with E-state index in [-0.39, 0.29) is 12.1 Å². The highest BCUT2D eigenvalue weighted by atomic mass is 32.1. The van der Waals surface area contributed by atoms with Crippen molar-refractivity contribution in [2.75, 3.05) is 18.4 Å². The van der Waals surface area contributed by atoms with Gasteiger partial charge in [-0.05, 0) is 63.4 Å². The summed E-state index contributed by atoms with van der Waals surface area (Å²) in [7, 11) is 0. The van der Waals surface area contributed by atoms with Crippen molar-refractivity contribution < 1.29 is 14.3 Å². The largest absolute Gasteiger partial charge is 0.444 e. The van der Waals surface area contributed by atoms with Crippen molar-refractivity contribution in [3.8, 4) is 16.5 Å². The second kappa shape index (κ2) is 9.24. The van der Waals surface area contributed by atoms with E-state index in [1.165, 1.54) is 0 Å². The number of hydrogen-bond donors (Lipinski definition) is 1. The number of rotatable bonds is 4. The van der Waals surface area contributed by atoms with Crippen LogP contribution in [0.3, 0.4) is 0 Å². The fourth-order valence-corrected chi connectivity index (χ4v) is 5.20. The molecule has 0 bridgehead atoms. The second-order valence-electron chi connectivity index (χ2n) is 9.28. The molecule has 0 aliphatic carbocycles. The average molecular weight is 462 g/mol. The minimum atomic E-state index is -0.523. The standard InChI is InChI=1S/C26H27N3O3S/c1-26(2,3)32-25(31)29-11-5-8-20(15-29)28-22-10-9-19(14-27)24-21(22)13-23(33-24)18-7-4-6-17(12-18)16-30/h4,6-7,9-10,12-13,16,20,28H,5,8,11,15H2,1-3H3/t20-/m0/s1. The molecule has 1 aromatic heterocycles. The molecule has 4 rings (SSSR count). The predicted molar refractivity (Wildman–Crippen MR) is 132 cm³/mol. The van der Waals surface area contributed by atoms with Gasteiger partial charge in [0.2, 0.25) is 0 Å². The monoisotopic (exact) mass is 461 g/mol. The molecule has 2 aromatic carbocycles. The lowest BCUT2D eigenvalue weighted by molar-refractivity contribution is 0.0206. The topological polar surface area (TPSA) is 82.4 Å². The van der Waals surface area contributed by atoms with Crippen molar-refractivity contribution in [3.05, 3.63) is 53.6 Å². The van der Waals surface area contributed by atoms with Gasteiger partial charge in [0.05, 0.1) is 10.3 Å². The number of thiophene rings is 1. The summed E-state index contributed by atoms with van der Waals surface area (Å²) < 4.78 is 6.46. The summed E-state index contributed by atoms with van der Waals surface area (Å²) in [6.07, 6.45) is 2.39. The highest BCUT2D eigenvalue weighted by Crippen LogP contribution is 2.39. The van der Waals surface area contributed by atoms with Gasteiger partial charge in [0.25, 0.3) is 0 Å². The molecule has 7 heteroatoms. The summed E-state index contributed by atoms with van der Waals surface area (Å²) in [6, 6.07) is 15.7. The Balaban J connectivity index is 1.61. The summed E-state index contributed by atoms with van der Waals surface area (Å²) in [5.41, 5.74) is 2.61. The van der Waals surface area contributed by atoms with Gasteiger partial charge in [0.15, 0.2) is 0 Å². The molecule has 170 valence electrons. The Labute approximate surface area is 197 Å². The zero-order chi connectivity index (χ0) is 23.6. The molecule has 1 atom stereocenters. The maximum Gasteiger partial charge on any atom is 0.410 e. The first-order valence-electron chi connectivity index (χ1n) is 11.0. The van der Waals surface area contributed by atoms with Gasteiger partial charge in [0.1, 0.15) is 18.0 Å². The number of nitrogens with one attached hydrogen (secondary N) is 1. The van der Waals surface area contributed by atoms with Crippen LogP contribution in [-0.2, 0) is 4.74 Å². The van der Waals surface area contributed by atoms with Crippen LogP contribution >= 0.6 is 11.3 Å². The van der Waals surface area contributed by atoms with E-state index in [1.807, 2.05) is 51.1 Å². The maximum atomic E-state index is 12.5. The highest BCUT2D eigenvalue weighted by molar-refractivity contribution is 7.22. The van der Waals surface area contributed by atoms with E-state index in [0.717, 1.165) is 45.3 Å². The number of anilines is 1. The summed E-state index contributed by atoms with van der Waals surface area (Å²) in [4.78, 5) is 26.5. The zero-order valence-electron chi connectivity index (χ0n) is 19.1. The fourth-order valence-electron chi connectivity index (χ4n) is 4.05. The molecule has 0 radical (unpaired) electrons. The van der Waals surface area contributed by atoms with Gasteiger partial charge in [-0.2, -0.15) is 5.26 Å². The maximum absolute atomic E-state index is 12.5. The van der Waals surface area contributed by atoms with E-state index >= 15 is 0 Å². The minimum absolute atomic E-state index is 0.0872. The number of hydrogen-bond acceptors (Lipinski definition) is 6. The van der Waals surface area contributed by atoms with Crippen molar-refractivity contribution in [1.29, 1.82) is 5.26 Å². The Morgan fingerprint density at radius 3 is 2.82 bits per heavy atom. The number of carbonyl (C=O) groups excluding carboxylic acids is 2. The number of carbonyl (C=O) groups is 2. The first-order chi connectivity index (χ1) is 15.8. The van der Waals surface area contributed by atoms with Crippen molar-refractivity contribution in [2.24, 2.45) is 0 Å². The summed E-state index contributed by atoms with van der Waals surface area (Å²) >= 11 is 1.55. The zero-order valence-corrected chi connectivity index (χ0v) is 19.9. The van der Waals surface area contributed by atoms with E-state index in [2.05, 4.69) is 17.5 Å². The van der Waals surface area contributed by atoms with E-state index in [0.29, 0.717) is 24.2 Å². The first-order valence-corrected chi connectivity index (χ1v) is 11.9. The molecule has 1 aliphatic heterocycles. The molecular weight excluding hydrogens is 434 g/mol. The summed E-state index contributed by atoms with van der Waals surface area (Å²) in [6.45, 7) is 6.87. The third kappa shape index (κ3) is 5.18. The smallest absolute Gasteiger partial charge is 0.410 e. The predicted octanol–water partition coefficient (Wildman–Crippen LogP) is 6.06. The van der Waals surface area contributed by atoms with Crippen molar-refractivity contribution >= 4 is 39.5 Å². The molecule has 1 amide bonds. The quantitative estimate of drug-likeness (QED) is 0.477. The minimum Gasteiger partial charge on any atom is -0.444 e. The Morgan fingerprint density at radius 1 is 1.27 bits per heavy atom. The Bertz CT molecular complexity index is 1240. The van der Waals surface area contributed by atoms with E-state index in [4.69, 9.17) is 4.74 Å². The lowest BCUT2D eigenvalue weighted by atomic mass is 10.0. The first kappa shape index (κ1) is 22.8. The molecule has 2 heterocycles. The van der Waals surface area contributed by atoms with Gasteiger partial charge in [-0.15, -0.1) is 11.3 Å². The van der Waals surface area contributed by atoms with Gasteiger partial charge >= 0.3 is 6.09 Å². The van der Waals surface area contributed by atoms with Crippen LogP contribution in [0.25, 0.3) is 20.5 Å². The van der Waals surface area contributed by atoms with Crippen LogP contribution < -0.4 is 5.32 Å². The third-order valence-electron chi connectivity index (χ3n) is 5.54. The fraction of sp³-hybridized carbons (Fsp3) is 0.346. The number of benzene rings is 2.